The third-order valence-electron chi connectivity index (χ3n) is 4.55. The van der Waals surface area contributed by atoms with Crippen LogP contribution in [0.2, 0.25) is 10.0 Å². The molecule has 0 N–H and O–H groups in total. The molecule has 1 amide bonds. The maximum atomic E-state index is 12.7. The van der Waals surface area contributed by atoms with Crippen molar-refractivity contribution >= 4 is 34.8 Å². The Morgan fingerprint density at radius 1 is 1.04 bits per heavy atom. The molecule has 3 rings (SSSR count). The van der Waals surface area contributed by atoms with Crippen molar-refractivity contribution in [3.63, 3.8) is 0 Å². The van der Waals surface area contributed by atoms with E-state index in [-0.39, 0.29) is 5.91 Å². The van der Waals surface area contributed by atoms with E-state index in [1.165, 1.54) is 0 Å². The maximum Gasteiger partial charge on any atom is 0.263 e. The molecule has 1 atom stereocenters. The Hall–Kier alpha value is -1.91. The van der Waals surface area contributed by atoms with Gasteiger partial charge in [-0.15, -0.1) is 0 Å². The van der Waals surface area contributed by atoms with E-state index in [4.69, 9.17) is 27.9 Å². The Bertz CT molecular complexity index is 789. The van der Waals surface area contributed by atoms with Crippen LogP contribution < -0.4 is 9.64 Å². The van der Waals surface area contributed by atoms with E-state index in [0.29, 0.717) is 23.9 Å². The van der Waals surface area contributed by atoms with Gasteiger partial charge in [0.2, 0.25) is 0 Å². The summed E-state index contributed by atoms with van der Waals surface area (Å²) >= 11 is 12.0. The number of hydrogen-bond acceptors (Lipinski definition) is 3. The van der Waals surface area contributed by atoms with E-state index in [1.807, 2.05) is 42.2 Å². The van der Waals surface area contributed by atoms with Gasteiger partial charge in [0.25, 0.3) is 5.91 Å². The number of ether oxygens (including phenoxy) is 1. The summed E-state index contributed by atoms with van der Waals surface area (Å²) < 4.78 is 5.86. The summed E-state index contributed by atoms with van der Waals surface area (Å²) in [6, 6.07) is 13.2. The fraction of sp³-hybridized carbons (Fsp3) is 0.350. The van der Waals surface area contributed by atoms with Crippen LogP contribution in [0, 0.1) is 6.92 Å². The smallest absolute Gasteiger partial charge is 0.263 e. The summed E-state index contributed by atoms with van der Waals surface area (Å²) in [5.74, 6) is 0.693. The maximum absolute atomic E-state index is 12.7. The lowest BCUT2D eigenvalue weighted by atomic mass is 10.2. The summed E-state index contributed by atoms with van der Waals surface area (Å²) in [5.41, 5.74) is 2.01. The molecule has 1 aliphatic rings. The van der Waals surface area contributed by atoms with Crippen molar-refractivity contribution in [3.8, 4) is 5.75 Å². The number of carbonyl (C=O) groups excluding carboxylic acids is 1. The zero-order valence-electron chi connectivity index (χ0n) is 14.9. The van der Waals surface area contributed by atoms with Gasteiger partial charge in [0.15, 0.2) is 6.10 Å². The molecule has 2 aromatic rings. The van der Waals surface area contributed by atoms with E-state index in [9.17, 15) is 4.79 Å². The average molecular weight is 393 g/mol. The van der Waals surface area contributed by atoms with E-state index in [2.05, 4.69) is 4.90 Å². The van der Waals surface area contributed by atoms with E-state index >= 15 is 0 Å². The molecule has 1 unspecified atom stereocenters. The molecule has 1 heterocycles. The van der Waals surface area contributed by atoms with Crippen molar-refractivity contribution in [1.29, 1.82) is 0 Å². The monoisotopic (exact) mass is 392 g/mol. The van der Waals surface area contributed by atoms with Gasteiger partial charge in [-0.25, -0.2) is 0 Å². The topological polar surface area (TPSA) is 32.8 Å². The summed E-state index contributed by atoms with van der Waals surface area (Å²) in [5, 5.41) is 1.38. The highest BCUT2D eigenvalue weighted by molar-refractivity contribution is 6.31. The number of piperazine rings is 1. The SMILES string of the molecule is Cc1cc(Cl)ccc1OC(C)C(=O)N1CCN(c2cccc(Cl)c2)CC1. The van der Waals surface area contributed by atoms with Crippen molar-refractivity contribution in [1.82, 2.24) is 4.90 Å². The lowest BCUT2D eigenvalue weighted by Gasteiger charge is -2.37. The first-order valence-electron chi connectivity index (χ1n) is 8.66. The van der Waals surface area contributed by atoms with Crippen molar-refractivity contribution in [3.05, 3.63) is 58.1 Å². The third-order valence-corrected chi connectivity index (χ3v) is 5.02. The van der Waals surface area contributed by atoms with Crippen molar-refractivity contribution in [2.75, 3.05) is 31.1 Å². The number of rotatable bonds is 4. The predicted octanol–water partition coefficient (Wildman–Crippen LogP) is 4.42. The standard InChI is InChI=1S/C20H22Cl2N2O2/c1-14-12-17(22)6-7-19(14)26-15(2)20(25)24-10-8-23(9-11-24)18-5-3-4-16(21)13-18/h3-7,12-13,15H,8-11H2,1-2H3. The summed E-state index contributed by atoms with van der Waals surface area (Å²) in [4.78, 5) is 16.8. The van der Waals surface area contributed by atoms with Crippen LogP contribution >= 0.6 is 23.2 Å². The molecular weight excluding hydrogens is 371 g/mol. The van der Waals surface area contributed by atoms with E-state index in [0.717, 1.165) is 29.4 Å². The van der Waals surface area contributed by atoms with Crippen molar-refractivity contribution < 1.29 is 9.53 Å². The normalized spacial score (nSPS) is 15.7. The molecule has 4 nitrogen and oxygen atoms in total. The van der Waals surface area contributed by atoms with Crippen LogP contribution in [0.25, 0.3) is 0 Å². The zero-order chi connectivity index (χ0) is 18.7. The number of benzene rings is 2. The molecule has 1 saturated heterocycles. The number of carbonyl (C=O) groups is 1. The third kappa shape index (κ3) is 4.43. The number of halogens is 2. The lowest BCUT2D eigenvalue weighted by molar-refractivity contribution is -0.138. The molecular formula is C20H22Cl2N2O2. The number of nitrogens with zero attached hydrogens (tertiary/aromatic N) is 2. The highest BCUT2D eigenvalue weighted by atomic mass is 35.5. The van der Waals surface area contributed by atoms with Crippen LogP contribution in [-0.4, -0.2) is 43.1 Å². The molecule has 26 heavy (non-hydrogen) atoms. The summed E-state index contributed by atoms with van der Waals surface area (Å²) in [6.07, 6.45) is -0.535. The number of aryl methyl sites for hydroxylation is 1. The molecule has 6 heteroatoms. The van der Waals surface area contributed by atoms with Gasteiger partial charge in [-0.05, 0) is 55.8 Å². The van der Waals surface area contributed by atoms with Gasteiger partial charge in [-0.2, -0.15) is 0 Å². The Morgan fingerprint density at radius 2 is 1.73 bits per heavy atom. The largest absolute Gasteiger partial charge is 0.481 e. The first-order valence-corrected chi connectivity index (χ1v) is 9.42. The molecule has 0 radical (unpaired) electrons. The first-order chi connectivity index (χ1) is 12.4. The highest BCUT2D eigenvalue weighted by Crippen LogP contribution is 2.24. The van der Waals surface area contributed by atoms with Crippen LogP contribution in [0.1, 0.15) is 12.5 Å². The molecule has 0 spiro atoms. The quantitative estimate of drug-likeness (QED) is 0.771. The Balaban J connectivity index is 1.57. The van der Waals surface area contributed by atoms with Crippen LogP contribution in [0.3, 0.4) is 0 Å². The molecule has 0 bridgehead atoms. The zero-order valence-corrected chi connectivity index (χ0v) is 16.4. The summed E-state index contributed by atoms with van der Waals surface area (Å²) in [7, 11) is 0. The van der Waals surface area contributed by atoms with Gasteiger partial charge >= 0.3 is 0 Å². The first kappa shape index (κ1) is 18.9. The summed E-state index contributed by atoms with van der Waals surface area (Å²) in [6.45, 7) is 6.59. The molecule has 0 aliphatic carbocycles. The van der Waals surface area contributed by atoms with Crippen LogP contribution in [0.15, 0.2) is 42.5 Å². The molecule has 0 aromatic heterocycles. The number of anilines is 1. The number of hydrogen-bond donors (Lipinski definition) is 0. The Labute approximate surface area is 164 Å². The second kappa shape index (κ2) is 8.19. The predicted molar refractivity (Wildman–Crippen MR) is 107 cm³/mol. The van der Waals surface area contributed by atoms with Gasteiger partial charge in [0.05, 0.1) is 0 Å². The molecule has 2 aromatic carbocycles. The fourth-order valence-electron chi connectivity index (χ4n) is 3.10. The number of amides is 1. The molecule has 1 fully saturated rings. The van der Waals surface area contributed by atoms with Gasteiger partial charge in [0, 0.05) is 41.9 Å². The second-order valence-corrected chi connectivity index (χ2v) is 7.33. The minimum absolute atomic E-state index is 0.00472. The highest BCUT2D eigenvalue weighted by Gasteiger charge is 2.26. The lowest BCUT2D eigenvalue weighted by Crippen LogP contribution is -2.52. The minimum atomic E-state index is -0.535. The van der Waals surface area contributed by atoms with Crippen molar-refractivity contribution in [2.45, 2.75) is 20.0 Å². The van der Waals surface area contributed by atoms with Crippen LogP contribution in [0.5, 0.6) is 5.75 Å². The second-order valence-electron chi connectivity index (χ2n) is 6.46. The van der Waals surface area contributed by atoms with Crippen molar-refractivity contribution in [2.24, 2.45) is 0 Å². The Kier molecular flexibility index (Phi) is 5.94. The van der Waals surface area contributed by atoms with Gasteiger partial charge < -0.3 is 14.5 Å². The molecule has 138 valence electrons. The van der Waals surface area contributed by atoms with E-state index in [1.54, 1.807) is 19.1 Å². The van der Waals surface area contributed by atoms with E-state index < -0.39 is 6.10 Å². The molecule has 0 saturated carbocycles. The van der Waals surface area contributed by atoms with Gasteiger partial charge in [-0.1, -0.05) is 29.3 Å². The minimum Gasteiger partial charge on any atom is -0.481 e. The van der Waals surface area contributed by atoms with Gasteiger partial charge in [-0.3, -0.25) is 4.79 Å². The van der Waals surface area contributed by atoms with Crippen LogP contribution in [-0.2, 0) is 4.79 Å². The average Bonchev–Trinajstić information content (AvgIpc) is 2.63. The molecule has 1 aliphatic heterocycles. The Morgan fingerprint density at radius 3 is 2.38 bits per heavy atom. The van der Waals surface area contributed by atoms with Gasteiger partial charge in [0.1, 0.15) is 5.75 Å². The fourth-order valence-corrected chi connectivity index (χ4v) is 3.51. The van der Waals surface area contributed by atoms with Crippen LogP contribution in [0.4, 0.5) is 5.69 Å².